The molecule has 1 N–H and O–H groups in total. The number of rotatable bonds is 4. The molecule has 1 unspecified atom stereocenters. The number of benzene rings is 1. The molecule has 88 valence electrons. The van der Waals surface area contributed by atoms with Crippen LogP contribution in [0, 0.1) is 0 Å². The third kappa shape index (κ3) is 3.59. The van der Waals surface area contributed by atoms with Crippen LogP contribution in [0.4, 0.5) is 0 Å². The van der Waals surface area contributed by atoms with Gasteiger partial charge in [0.25, 0.3) is 6.49 Å². The van der Waals surface area contributed by atoms with Crippen LogP contribution in [0.15, 0.2) is 35.5 Å². The summed E-state index contributed by atoms with van der Waals surface area (Å²) < 4.78 is 5.32. The topological polar surface area (TPSA) is 51.0 Å². The van der Waals surface area contributed by atoms with Crippen molar-refractivity contribution in [3.05, 3.63) is 30.3 Å². The third-order valence-corrected chi connectivity index (χ3v) is 4.07. The van der Waals surface area contributed by atoms with Crippen LogP contribution in [0.25, 0.3) is 0 Å². The van der Waals surface area contributed by atoms with Crippen molar-refractivity contribution in [2.75, 3.05) is 7.11 Å². The van der Waals surface area contributed by atoms with Crippen LogP contribution in [0.3, 0.4) is 0 Å². The molecule has 0 aromatic heterocycles. The largest absolute Gasteiger partial charge is 0.423 e. The van der Waals surface area contributed by atoms with E-state index >= 15 is 0 Å². The van der Waals surface area contributed by atoms with Crippen molar-refractivity contribution in [2.24, 2.45) is 5.16 Å². The predicted octanol–water partition coefficient (Wildman–Crippen LogP) is 2.00. The Hall–Kier alpha value is -0.900. The molecule has 1 aromatic carbocycles. The zero-order chi connectivity index (χ0) is 12.0. The quantitative estimate of drug-likeness (QED) is 0.389. The minimum Gasteiger partial charge on any atom is -0.423 e. The molecule has 0 saturated carbocycles. The lowest BCUT2D eigenvalue weighted by Crippen LogP contribution is -2.10. The van der Waals surface area contributed by atoms with Gasteiger partial charge in [-0.25, -0.2) is 0 Å². The van der Waals surface area contributed by atoms with Crippen molar-refractivity contribution in [1.29, 1.82) is 0 Å². The normalized spacial score (nSPS) is 15.3. The van der Waals surface area contributed by atoms with E-state index < -0.39 is 6.49 Å². The predicted molar refractivity (Wildman–Crippen MR) is 68.4 cm³/mol. The van der Waals surface area contributed by atoms with Crippen LogP contribution in [0.1, 0.15) is 13.3 Å². The van der Waals surface area contributed by atoms with E-state index in [0.29, 0.717) is 17.6 Å². The molecular weight excluding hydrogens is 245 g/mol. The van der Waals surface area contributed by atoms with Gasteiger partial charge in [0.2, 0.25) is 5.90 Å². The van der Waals surface area contributed by atoms with Gasteiger partial charge in [-0.3, -0.25) is 0 Å². The van der Waals surface area contributed by atoms with Crippen LogP contribution in [0.2, 0.25) is 0 Å². The van der Waals surface area contributed by atoms with Gasteiger partial charge in [0, 0.05) is 11.7 Å². The first-order chi connectivity index (χ1) is 7.60. The average molecular weight is 259 g/mol. The highest BCUT2D eigenvalue weighted by Gasteiger charge is 2.20. The molecule has 0 radical (unpaired) electrons. The Morgan fingerprint density at radius 2 is 2.06 bits per heavy atom. The van der Waals surface area contributed by atoms with Gasteiger partial charge in [-0.2, -0.15) is 0 Å². The summed E-state index contributed by atoms with van der Waals surface area (Å²) in [6.45, 7) is -1.18. The fraction of sp³-hybridized carbons (Fsp3) is 0.300. The zero-order valence-corrected chi connectivity index (χ0v) is 10.9. The molecule has 0 spiro atoms. The van der Waals surface area contributed by atoms with Gasteiger partial charge in [-0.1, -0.05) is 30.3 Å². The van der Waals surface area contributed by atoms with Crippen LogP contribution in [-0.2, 0) is 21.2 Å². The van der Waals surface area contributed by atoms with Crippen molar-refractivity contribution in [3.8, 4) is 0 Å². The van der Waals surface area contributed by atoms with Gasteiger partial charge in [-0.15, -0.1) is 0 Å². The standard InChI is InChI=1S/C10H14NO3PS/c1-3-10(11-13-2)14-15(12,16)9-7-5-4-6-8-9/h4-8H,3H2,1-2H3,(H,12,16). The number of hydrogen-bond acceptors (Lipinski definition) is 4. The molecule has 0 amide bonds. The smallest absolute Gasteiger partial charge is 0.267 e. The van der Waals surface area contributed by atoms with Gasteiger partial charge < -0.3 is 14.3 Å². The van der Waals surface area contributed by atoms with Crippen molar-refractivity contribution < 1.29 is 14.3 Å². The third-order valence-electron chi connectivity index (χ3n) is 1.81. The van der Waals surface area contributed by atoms with Gasteiger partial charge in [-0.05, 0) is 23.9 Å². The van der Waals surface area contributed by atoms with Crippen molar-refractivity contribution >= 4 is 29.5 Å². The van der Waals surface area contributed by atoms with E-state index in [2.05, 4.69) is 9.99 Å². The first kappa shape index (κ1) is 13.2. The fourth-order valence-corrected chi connectivity index (χ4v) is 2.79. The Balaban J connectivity index is 2.87. The number of nitrogens with zero attached hydrogens (tertiary/aromatic N) is 1. The van der Waals surface area contributed by atoms with E-state index in [0.717, 1.165) is 0 Å². The van der Waals surface area contributed by atoms with Gasteiger partial charge in [0.15, 0.2) is 0 Å². The molecule has 0 saturated heterocycles. The SMILES string of the molecule is CCC(=NOC)OP(O)(=S)c1ccccc1. The molecule has 6 heteroatoms. The maximum absolute atomic E-state index is 10.1. The number of oxime groups is 1. The maximum atomic E-state index is 10.1. The summed E-state index contributed by atoms with van der Waals surface area (Å²) in [6.07, 6.45) is 0.514. The molecule has 0 aliphatic carbocycles. The van der Waals surface area contributed by atoms with E-state index in [1.807, 2.05) is 13.0 Å². The second kappa shape index (κ2) is 5.99. The lowest BCUT2D eigenvalue weighted by molar-refractivity contribution is 0.204. The first-order valence-corrected chi connectivity index (χ1v) is 7.45. The summed E-state index contributed by atoms with van der Waals surface area (Å²) in [6, 6.07) is 8.93. The molecule has 0 aliphatic rings. The van der Waals surface area contributed by atoms with E-state index in [4.69, 9.17) is 16.3 Å². The second-order valence-electron chi connectivity index (χ2n) is 2.97. The Bertz CT molecular complexity index is 408. The maximum Gasteiger partial charge on any atom is 0.267 e. The monoisotopic (exact) mass is 259 g/mol. The van der Waals surface area contributed by atoms with Crippen LogP contribution in [0.5, 0.6) is 0 Å². The van der Waals surface area contributed by atoms with E-state index in [9.17, 15) is 4.89 Å². The summed E-state index contributed by atoms with van der Waals surface area (Å²) in [7, 11) is 1.42. The van der Waals surface area contributed by atoms with Crippen molar-refractivity contribution in [2.45, 2.75) is 13.3 Å². The molecule has 1 atom stereocenters. The van der Waals surface area contributed by atoms with Gasteiger partial charge in [0.1, 0.15) is 7.11 Å². The molecule has 16 heavy (non-hydrogen) atoms. The van der Waals surface area contributed by atoms with Crippen molar-refractivity contribution in [3.63, 3.8) is 0 Å². The van der Waals surface area contributed by atoms with E-state index in [1.54, 1.807) is 24.3 Å². The molecule has 0 aliphatic heterocycles. The summed E-state index contributed by atoms with van der Waals surface area (Å²) >= 11 is 5.07. The molecule has 4 nitrogen and oxygen atoms in total. The lowest BCUT2D eigenvalue weighted by atomic mass is 10.4. The Kier molecular flexibility index (Phi) is 4.93. The highest BCUT2D eigenvalue weighted by atomic mass is 32.5. The summed E-state index contributed by atoms with van der Waals surface area (Å²) in [5.74, 6) is 0.303. The Labute approximate surface area is 100 Å². The molecular formula is C10H14NO3PS. The van der Waals surface area contributed by atoms with Crippen LogP contribution < -0.4 is 5.30 Å². The molecule has 0 heterocycles. The van der Waals surface area contributed by atoms with Gasteiger partial charge >= 0.3 is 0 Å². The molecule has 1 rings (SSSR count). The Morgan fingerprint density at radius 1 is 1.44 bits per heavy atom. The molecule has 0 bridgehead atoms. The minimum atomic E-state index is -3.02. The lowest BCUT2D eigenvalue weighted by Gasteiger charge is -2.17. The molecule has 0 fully saturated rings. The second-order valence-corrected chi connectivity index (χ2v) is 6.19. The highest BCUT2D eigenvalue weighted by molar-refractivity contribution is 8.13. The summed E-state index contributed by atoms with van der Waals surface area (Å²) in [5.41, 5.74) is 0. The zero-order valence-electron chi connectivity index (χ0n) is 9.16. The van der Waals surface area contributed by atoms with E-state index in [1.165, 1.54) is 7.11 Å². The average Bonchev–Trinajstić information content (AvgIpc) is 2.29. The summed E-state index contributed by atoms with van der Waals surface area (Å²) in [4.78, 5) is 14.7. The van der Waals surface area contributed by atoms with Gasteiger partial charge in [0.05, 0.1) is 0 Å². The summed E-state index contributed by atoms with van der Waals surface area (Å²) in [5, 5.41) is 4.25. The Morgan fingerprint density at radius 3 is 2.56 bits per heavy atom. The first-order valence-electron chi connectivity index (χ1n) is 4.78. The van der Waals surface area contributed by atoms with Crippen LogP contribution in [-0.4, -0.2) is 17.9 Å². The van der Waals surface area contributed by atoms with E-state index in [-0.39, 0.29) is 0 Å². The fourth-order valence-electron chi connectivity index (χ4n) is 1.06. The van der Waals surface area contributed by atoms with Crippen molar-refractivity contribution in [1.82, 2.24) is 0 Å². The highest BCUT2D eigenvalue weighted by Crippen LogP contribution is 2.41. The molecule has 1 aromatic rings. The minimum absolute atomic E-state index is 0.303. The van der Waals surface area contributed by atoms with Crippen LogP contribution >= 0.6 is 6.49 Å². The number of hydrogen-bond donors (Lipinski definition) is 1.